The molecule has 1 fully saturated rings. The normalized spacial score (nSPS) is 17.5. The van der Waals surface area contributed by atoms with Crippen molar-refractivity contribution in [2.45, 2.75) is 65.5 Å². The Bertz CT molecular complexity index is 1930. The molecule has 1 aliphatic rings. The molecule has 0 N–H and O–H groups in total. The number of rotatable bonds is 7. The van der Waals surface area contributed by atoms with Crippen LogP contribution in [-0.4, -0.2) is 50.5 Å². The van der Waals surface area contributed by atoms with Crippen LogP contribution in [0.4, 0.5) is 10.2 Å². The van der Waals surface area contributed by atoms with Gasteiger partial charge in [-0.05, 0) is 60.6 Å². The predicted molar refractivity (Wildman–Crippen MR) is 182 cm³/mol. The van der Waals surface area contributed by atoms with Crippen LogP contribution in [0, 0.1) is 0 Å². The number of nitrogens with zero attached hydrogens (tertiary/aromatic N) is 5. The zero-order chi connectivity index (χ0) is 34.3. The van der Waals surface area contributed by atoms with Crippen molar-refractivity contribution in [1.82, 2.24) is 19.4 Å². The average Bonchev–Trinajstić information content (AvgIpc) is 3.00. The van der Waals surface area contributed by atoms with Gasteiger partial charge in [0.05, 0.1) is 19.6 Å². The second kappa shape index (κ2) is 12.6. The molecule has 0 spiro atoms. The molecule has 2 atom stereocenters. The molecule has 0 aliphatic carbocycles. The number of pyridine rings is 1. The summed E-state index contributed by atoms with van der Waals surface area (Å²) in [7, 11) is 0. The molecule has 4 aromatic rings. The first-order valence-corrected chi connectivity index (χ1v) is 15.5. The van der Waals surface area contributed by atoms with E-state index >= 15 is 0 Å². The Balaban J connectivity index is 1.87. The first-order valence-electron chi connectivity index (χ1n) is 16.1. The van der Waals surface area contributed by atoms with Gasteiger partial charge in [-0.25, -0.2) is 9.18 Å². The van der Waals surface area contributed by atoms with Crippen molar-refractivity contribution in [3.63, 3.8) is 0 Å². The van der Waals surface area contributed by atoms with Gasteiger partial charge in [-0.1, -0.05) is 82.7 Å². The maximum absolute atomic E-state index is 14.4. The van der Waals surface area contributed by atoms with E-state index in [4.69, 9.17) is 24.3 Å². The number of benzene rings is 2. The van der Waals surface area contributed by atoms with Crippen LogP contribution in [0.1, 0.15) is 72.9 Å². The van der Waals surface area contributed by atoms with Gasteiger partial charge in [0.15, 0.2) is 5.83 Å². The Morgan fingerprint density at radius 1 is 1.09 bits per heavy atom. The van der Waals surface area contributed by atoms with Crippen LogP contribution in [0.2, 0.25) is 5.02 Å². The maximum Gasteiger partial charge on any atom is 0.354 e. The van der Waals surface area contributed by atoms with Gasteiger partial charge in [-0.15, -0.1) is 0 Å². The summed E-state index contributed by atoms with van der Waals surface area (Å²) < 4.78 is 31.0. The fraction of sp³-hybridized carbons (Fsp3) is 0.333. The smallest absolute Gasteiger partial charge is 0.347 e. The molecule has 1 saturated heterocycles. The summed E-state index contributed by atoms with van der Waals surface area (Å²) in [6, 6.07) is 12.3. The fourth-order valence-corrected chi connectivity index (χ4v) is 6.68. The van der Waals surface area contributed by atoms with Crippen LogP contribution in [0.25, 0.3) is 33.8 Å². The molecule has 2 aromatic heterocycles. The largest absolute Gasteiger partial charge is 0.354 e. The minimum atomic E-state index is -1.01. The molecule has 0 saturated carbocycles. The Labute approximate surface area is 271 Å². The summed E-state index contributed by atoms with van der Waals surface area (Å²) in [6.07, 6.45) is 3.22. The predicted octanol–water partition coefficient (Wildman–Crippen LogP) is 7.90. The van der Waals surface area contributed by atoms with E-state index in [-0.39, 0.29) is 43.5 Å². The number of carbonyl (C=O) groups excluding carboxylic acids is 1. The Kier molecular flexibility index (Phi) is 8.23. The van der Waals surface area contributed by atoms with Gasteiger partial charge in [0.25, 0.3) is 5.91 Å². The highest BCUT2D eigenvalue weighted by molar-refractivity contribution is 6.34. The van der Waals surface area contributed by atoms with Crippen LogP contribution >= 0.6 is 11.6 Å². The van der Waals surface area contributed by atoms with E-state index in [1.165, 1.54) is 11.0 Å². The number of hydrogen-bond donors (Lipinski definition) is 0. The van der Waals surface area contributed by atoms with Gasteiger partial charge < -0.3 is 9.80 Å². The van der Waals surface area contributed by atoms with Crippen LogP contribution in [0.3, 0.4) is 0 Å². The van der Waals surface area contributed by atoms with Crippen LogP contribution in [0.15, 0.2) is 72.4 Å². The minimum Gasteiger partial charge on any atom is -0.347 e. The molecule has 2 aromatic carbocycles. The summed E-state index contributed by atoms with van der Waals surface area (Å²) in [5, 5.41) is 1.01. The van der Waals surface area contributed by atoms with Crippen molar-refractivity contribution in [2.75, 3.05) is 18.0 Å². The Morgan fingerprint density at radius 2 is 1.78 bits per heavy atom. The summed E-state index contributed by atoms with van der Waals surface area (Å²) in [6.45, 7) is 15.3. The third-order valence-corrected chi connectivity index (χ3v) is 8.74. The van der Waals surface area contributed by atoms with E-state index in [9.17, 15) is 14.0 Å². The summed E-state index contributed by atoms with van der Waals surface area (Å²) in [5.74, 6) is -1.30. The van der Waals surface area contributed by atoms with Crippen LogP contribution in [0.5, 0.6) is 0 Å². The second-order valence-corrected chi connectivity index (χ2v) is 12.7. The van der Waals surface area contributed by atoms with E-state index in [0.29, 0.717) is 44.1 Å². The molecule has 45 heavy (non-hydrogen) atoms. The number of aromatic nitrogens is 3. The number of hydrogen-bond acceptors (Lipinski definition) is 5. The van der Waals surface area contributed by atoms with E-state index in [1.54, 1.807) is 16.8 Å². The molecule has 3 heterocycles. The van der Waals surface area contributed by atoms with Gasteiger partial charge >= 0.3 is 5.69 Å². The minimum absolute atomic E-state index is 0.00796. The number of anilines is 1. The molecule has 7 nitrogen and oxygen atoms in total. The molecule has 0 unspecified atom stereocenters. The maximum atomic E-state index is 14.4. The van der Waals surface area contributed by atoms with E-state index in [2.05, 4.69) is 20.4 Å². The third-order valence-electron chi connectivity index (χ3n) is 8.43. The number of carbonyl (C=O) groups is 1. The van der Waals surface area contributed by atoms with E-state index < -0.39 is 17.4 Å². The summed E-state index contributed by atoms with van der Waals surface area (Å²) in [4.78, 5) is 39.8. The second-order valence-electron chi connectivity index (χ2n) is 12.3. The van der Waals surface area contributed by atoms with E-state index in [0.717, 1.165) is 11.3 Å². The zero-order valence-electron chi connectivity index (χ0n) is 28.4. The molecule has 0 bridgehead atoms. The standard InChI is InChI=1S/C36H39ClFN5O2/c1-9-25-12-10-11-13-27(25)28-17-31-29(16-30(28)37)34(42-22(6)18-41(19-23(42)7)35(44)24(8)38)40-36(45)43(31)33-26(20(2)3)14-15-39-32(33)21(4)5/h9-17,20-23H,1,8,18-19H2,2-7H3/t22-,23-/m0/s1/i1D2. The third kappa shape index (κ3) is 5.79. The summed E-state index contributed by atoms with van der Waals surface area (Å²) in [5.41, 5.74) is 4.39. The quantitative estimate of drug-likeness (QED) is 0.194. The van der Waals surface area contributed by atoms with Crippen molar-refractivity contribution >= 4 is 40.3 Å². The average molecular weight is 630 g/mol. The van der Waals surface area contributed by atoms with Crippen molar-refractivity contribution < 1.29 is 11.9 Å². The van der Waals surface area contributed by atoms with Gasteiger partial charge in [-0.2, -0.15) is 4.98 Å². The lowest BCUT2D eigenvalue weighted by molar-refractivity contribution is -0.129. The molecule has 9 heteroatoms. The van der Waals surface area contributed by atoms with Gasteiger partial charge in [0.1, 0.15) is 5.82 Å². The highest BCUT2D eigenvalue weighted by Gasteiger charge is 2.35. The Hall–Kier alpha value is -4.30. The number of piperazine rings is 1. The lowest BCUT2D eigenvalue weighted by Crippen LogP contribution is -2.59. The van der Waals surface area contributed by atoms with Gasteiger partial charge in [-0.3, -0.25) is 14.3 Å². The highest BCUT2D eigenvalue weighted by Crippen LogP contribution is 2.40. The number of amides is 1. The van der Waals surface area contributed by atoms with Crippen LogP contribution < -0.4 is 10.6 Å². The lowest BCUT2D eigenvalue weighted by Gasteiger charge is -2.45. The molecular formula is C36H39ClFN5O2. The molecule has 1 amide bonds. The summed E-state index contributed by atoms with van der Waals surface area (Å²) >= 11 is 7.07. The molecule has 5 rings (SSSR count). The fourth-order valence-electron chi connectivity index (χ4n) is 6.41. The topological polar surface area (TPSA) is 71.3 Å². The SMILES string of the molecule is [2H]C([2H])=Cc1ccccc1-c1cc2c(cc1Cl)c(N1[C@@H](C)CN(C(=O)C(=C)F)C[C@@H]1C)nc(=O)n2-c1c(C(C)C)ccnc1C(C)C. The first kappa shape index (κ1) is 29.4. The Morgan fingerprint density at radius 3 is 2.40 bits per heavy atom. The molecule has 1 aliphatic heterocycles. The first-order chi connectivity index (χ1) is 22.2. The molecule has 0 radical (unpaired) electrons. The highest BCUT2D eigenvalue weighted by atomic mass is 35.5. The van der Waals surface area contributed by atoms with Gasteiger partial charge in [0, 0.05) is 47.3 Å². The lowest BCUT2D eigenvalue weighted by atomic mass is 9.95. The number of fused-ring (bicyclic) bond motifs is 1. The molecule has 234 valence electrons. The molecular weight excluding hydrogens is 589 g/mol. The van der Waals surface area contributed by atoms with Crippen LogP contribution in [-0.2, 0) is 4.79 Å². The zero-order valence-corrected chi connectivity index (χ0v) is 27.2. The van der Waals surface area contributed by atoms with Gasteiger partial charge in [0.2, 0.25) is 0 Å². The van der Waals surface area contributed by atoms with Crippen molar-refractivity contribution in [3.8, 4) is 16.8 Å². The monoisotopic (exact) mass is 629 g/mol. The number of halogens is 2. The van der Waals surface area contributed by atoms with Crippen molar-refractivity contribution in [3.05, 3.63) is 99.9 Å². The van der Waals surface area contributed by atoms with Crippen molar-refractivity contribution in [2.24, 2.45) is 0 Å². The van der Waals surface area contributed by atoms with E-state index in [1.807, 2.05) is 69.0 Å². The van der Waals surface area contributed by atoms with Crippen molar-refractivity contribution in [1.29, 1.82) is 0 Å².